The van der Waals surface area contributed by atoms with Gasteiger partial charge in [0.1, 0.15) is 5.75 Å². The van der Waals surface area contributed by atoms with Crippen LogP contribution in [0.15, 0.2) is 40.0 Å². The van der Waals surface area contributed by atoms with Crippen LogP contribution >= 0.6 is 57.6 Å². The summed E-state index contributed by atoms with van der Waals surface area (Å²) in [7, 11) is 0. The minimum absolute atomic E-state index is 0.144. The van der Waals surface area contributed by atoms with Crippen LogP contribution in [0.3, 0.4) is 0 Å². The van der Waals surface area contributed by atoms with Crippen molar-refractivity contribution < 1.29 is 13.9 Å². The summed E-state index contributed by atoms with van der Waals surface area (Å²) in [5, 5.41) is 12.1. The molecule has 0 saturated heterocycles. The molecule has 2 aromatic carbocycles. The highest BCUT2D eigenvalue weighted by atomic mass is 127. The maximum absolute atomic E-state index is 12.3. The first kappa shape index (κ1) is 23.2. The number of rotatable bonds is 7. The van der Waals surface area contributed by atoms with E-state index in [1.54, 1.807) is 25.1 Å². The molecule has 1 amide bonds. The first-order valence-electron chi connectivity index (χ1n) is 8.87. The Bertz CT molecular complexity index is 1050. The second kappa shape index (κ2) is 10.2. The molecule has 6 nitrogen and oxygen atoms in total. The molecule has 1 atom stereocenters. The van der Waals surface area contributed by atoms with Crippen LogP contribution < -0.4 is 10.1 Å². The molecule has 0 bridgehead atoms. The number of hydrogen-bond acceptors (Lipinski definition) is 6. The molecular formula is C20H18Cl2IN3O3S. The topological polar surface area (TPSA) is 77.2 Å². The number of anilines is 1. The molecule has 0 aliphatic rings. The molecule has 30 heavy (non-hydrogen) atoms. The van der Waals surface area contributed by atoms with Crippen LogP contribution in [0, 0.1) is 17.4 Å². The number of carbonyl (C=O) groups is 1. The van der Waals surface area contributed by atoms with Crippen LogP contribution in [-0.2, 0) is 4.79 Å². The van der Waals surface area contributed by atoms with Gasteiger partial charge < -0.3 is 14.5 Å². The van der Waals surface area contributed by atoms with Crippen molar-refractivity contribution in [2.45, 2.75) is 32.1 Å². The molecule has 0 radical (unpaired) electrons. The van der Waals surface area contributed by atoms with E-state index >= 15 is 0 Å². The zero-order valence-electron chi connectivity index (χ0n) is 16.3. The lowest BCUT2D eigenvalue weighted by Gasteiger charge is -2.12. The van der Waals surface area contributed by atoms with E-state index in [-0.39, 0.29) is 22.8 Å². The van der Waals surface area contributed by atoms with Crippen molar-refractivity contribution in [2.24, 2.45) is 0 Å². The Morgan fingerprint density at radius 2 is 1.93 bits per heavy atom. The Labute approximate surface area is 202 Å². The largest absolute Gasteiger partial charge is 0.479 e. The number of halogens is 3. The van der Waals surface area contributed by atoms with E-state index in [4.69, 9.17) is 32.4 Å². The van der Waals surface area contributed by atoms with Gasteiger partial charge in [0.25, 0.3) is 11.1 Å². The Morgan fingerprint density at radius 3 is 2.60 bits per heavy atom. The van der Waals surface area contributed by atoms with Crippen molar-refractivity contribution in [1.82, 2.24) is 10.2 Å². The van der Waals surface area contributed by atoms with Crippen LogP contribution in [-0.4, -0.2) is 21.9 Å². The van der Waals surface area contributed by atoms with E-state index in [1.165, 1.54) is 0 Å². The molecule has 1 heterocycles. The van der Waals surface area contributed by atoms with Crippen LogP contribution in [0.5, 0.6) is 5.75 Å². The van der Waals surface area contributed by atoms with Gasteiger partial charge in [-0.15, -0.1) is 10.2 Å². The Morgan fingerprint density at radius 1 is 1.23 bits per heavy atom. The number of hydrogen-bond donors (Lipinski definition) is 1. The summed E-state index contributed by atoms with van der Waals surface area (Å²) >= 11 is 15.4. The van der Waals surface area contributed by atoms with Gasteiger partial charge in [-0.2, -0.15) is 0 Å². The van der Waals surface area contributed by atoms with Gasteiger partial charge in [0.2, 0.25) is 5.91 Å². The number of ether oxygens (including phenoxy) is 1. The summed E-state index contributed by atoms with van der Waals surface area (Å²) in [5.74, 6) is 0.742. The predicted molar refractivity (Wildman–Crippen MR) is 128 cm³/mol. The SMILES string of the molecule is Cc1cc(I)cc(C)c1NC(=O)CSc1nnc([C@@H](C)Oc2ccc(Cl)cc2Cl)o1. The van der Waals surface area contributed by atoms with E-state index in [9.17, 15) is 4.79 Å². The predicted octanol–water partition coefficient (Wildman–Crippen LogP) is 6.47. The standard InChI is InChI=1S/C20H18Cl2IN3O3S/c1-10-6-14(23)7-11(2)18(10)24-17(27)9-30-20-26-25-19(29-20)12(3)28-16-5-4-13(21)8-15(16)22/h4-8,12H,9H2,1-3H3,(H,24,27)/t12-/m1/s1. The van der Waals surface area contributed by atoms with Crippen molar-refractivity contribution >= 4 is 69.1 Å². The summed E-state index contributed by atoms with van der Waals surface area (Å²) in [4.78, 5) is 12.3. The van der Waals surface area contributed by atoms with Crippen LogP contribution in [0.1, 0.15) is 30.0 Å². The van der Waals surface area contributed by atoms with Crippen molar-refractivity contribution in [3.05, 3.63) is 61.0 Å². The number of nitrogens with one attached hydrogen (secondary N) is 1. The summed E-state index contributed by atoms with van der Waals surface area (Å²) in [6.45, 7) is 5.70. The highest BCUT2D eigenvalue weighted by Crippen LogP contribution is 2.31. The van der Waals surface area contributed by atoms with E-state index < -0.39 is 6.10 Å². The quantitative estimate of drug-likeness (QED) is 0.256. The fourth-order valence-electron chi connectivity index (χ4n) is 2.67. The molecule has 0 unspecified atom stereocenters. The van der Waals surface area contributed by atoms with Crippen LogP contribution in [0.4, 0.5) is 5.69 Å². The van der Waals surface area contributed by atoms with Gasteiger partial charge in [0.15, 0.2) is 6.10 Å². The third-order valence-corrected chi connectivity index (χ3v) is 6.03. The van der Waals surface area contributed by atoms with Crippen LogP contribution in [0.25, 0.3) is 0 Å². The second-order valence-corrected chi connectivity index (χ2v) is 9.51. The highest BCUT2D eigenvalue weighted by molar-refractivity contribution is 14.1. The van der Waals surface area contributed by atoms with Crippen molar-refractivity contribution in [3.63, 3.8) is 0 Å². The lowest BCUT2D eigenvalue weighted by molar-refractivity contribution is -0.113. The lowest BCUT2D eigenvalue weighted by Crippen LogP contribution is -2.16. The third-order valence-electron chi connectivity index (χ3n) is 4.06. The van der Waals surface area contributed by atoms with Gasteiger partial charge in [-0.25, -0.2) is 0 Å². The van der Waals surface area contributed by atoms with Gasteiger partial charge in [-0.1, -0.05) is 35.0 Å². The second-order valence-electron chi connectivity index (χ2n) is 6.49. The smallest absolute Gasteiger partial charge is 0.277 e. The summed E-state index contributed by atoms with van der Waals surface area (Å²) in [6, 6.07) is 8.99. The number of aromatic nitrogens is 2. The third kappa shape index (κ3) is 6.03. The average Bonchev–Trinajstić information content (AvgIpc) is 3.14. The van der Waals surface area contributed by atoms with Gasteiger partial charge in [0.05, 0.1) is 10.8 Å². The average molecular weight is 578 g/mol. The molecular weight excluding hydrogens is 560 g/mol. The lowest BCUT2D eigenvalue weighted by atomic mass is 10.1. The molecule has 3 aromatic rings. The first-order valence-corrected chi connectivity index (χ1v) is 11.7. The van der Waals surface area contributed by atoms with Gasteiger partial charge in [-0.3, -0.25) is 4.79 Å². The molecule has 1 aromatic heterocycles. The monoisotopic (exact) mass is 577 g/mol. The van der Waals surface area contributed by atoms with Gasteiger partial charge in [-0.05, 0) is 84.8 Å². The van der Waals surface area contributed by atoms with Crippen LogP contribution in [0.2, 0.25) is 10.0 Å². The molecule has 10 heteroatoms. The maximum Gasteiger partial charge on any atom is 0.277 e. The van der Waals surface area contributed by atoms with Crippen molar-refractivity contribution in [3.8, 4) is 5.75 Å². The normalized spacial score (nSPS) is 11.9. The number of benzene rings is 2. The number of thioether (sulfide) groups is 1. The molecule has 0 aliphatic carbocycles. The number of amides is 1. The summed E-state index contributed by atoms with van der Waals surface area (Å²) < 4.78 is 12.5. The number of nitrogens with zero attached hydrogens (tertiary/aromatic N) is 2. The van der Waals surface area contributed by atoms with E-state index in [1.807, 2.05) is 26.0 Å². The maximum atomic E-state index is 12.3. The zero-order valence-corrected chi connectivity index (χ0v) is 20.8. The fourth-order valence-corrected chi connectivity index (χ4v) is 4.62. The van der Waals surface area contributed by atoms with Crippen molar-refractivity contribution in [1.29, 1.82) is 0 Å². The molecule has 158 valence electrons. The van der Waals surface area contributed by atoms with Gasteiger partial charge in [0, 0.05) is 14.3 Å². The highest BCUT2D eigenvalue weighted by Gasteiger charge is 2.18. The minimum atomic E-state index is -0.517. The van der Waals surface area contributed by atoms with E-state index in [0.29, 0.717) is 15.8 Å². The molecule has 0 saturated carbocycles. The summed E-state index contributed by atoms with van der Waals surface area (Å²) in [5.41, 5.74) is 2.86. The molecule has 0 aliphatic heterocycles. The Kier molecular flexibility index (Phi) is 7.89. The van der Waals surface area contributed by atoms with Gasteiger partial charge >= 0.3 is 0 Å². The van der Waals surface area contributed by atoms with E-state index in [2.05, 4.69) is 38.1 Å². The number of carbonyl (C=O) groups excluding carboxylic acids is 1. The molecule has 0 fully saturated rings. The minimum Gasteiger partial charge on any atom is -0.479 e. The van der Waals surface area contributed by atoms with E-state index in [0.717, 1.165) is 32.1 Å². The fraction of sp³-hybridized carbons (Fsp3) is 0.250. The summed E-state index contributed by atoms with van der Waals surface area (Å²) in [6.07, 6.45) is -0.517. The Balaban J connectivity index is 1.57. The van der Waals surface area contributed by atoms with Crippen molar-refractivity contribution in [2.75, 3.05) is 11.1 Å². The number of aryl methyl sites for hydroxylation is 2. The first-order chi connectivity index (χ1) is 14.2. The zero-order chi connectivity index (χ0) is 21.8. The Hall–Kier alpha value is -1.49. The molecule has 0 spiro atoms. The molecule has 3 rings (SSSR count). The molecule has 1 N–H and O–H groups in total.